The van der Waals surface area contributed by atoms with Crippen molar-refractivity contribution < 1.29 is 23.4 Å². The van der Waals surface area contributed by atoms with Crippen molar-refractivity contribution in [3.8, 4) is 11.5 Å². The third kappa shape index (κ3) is 7.45. The molecule has 0 bridgehead atoms. The number of morpholine rings is 1. The van der Waals surface area contributed by atoms with E-state index < -0.39 is 0 Å². The molecule has 0 spiro atoms. The Labute approximate surface area is 196 Å². The molecule has 0 radical (unpaired) electrons. The summed E-state index contributed by atoms with van der Waals surface area (Å²) < 4.78 is 22.2. The molecular weight excluding hydrogens is 424 g/mol. The molecule has 2 aromatic rings. The molecule has 9 nitrogen and oxygen atoms in total. The van der Waals surface area contributed by atoms with E-state index in [0.717, 1.165) is 50.7 Å². The number of oxazole rings is 1. The summed E-state index contributed by atoms with van der Waals surface area (Å²) in [6.07, 6.45) is 1.43. The van der Waals surface area contributed by atoms with Crippen LogP contribution in [0.4, 0.5) is 0 Å². The van der Waals surface area contributed by atoms with Crippen LogP contribution in [0.25, 0.3) is 0 Å². The maximum Gasteiger partial charge on any atom is 0.273 e. The molecule has 1 saturated heterocycles. The molecule has 0 saturated carbocycles. The fourth-order valence-electron chi connectivity index (χ4n) is 3.71. The van der Waals surface area contributed by atoms with Gasteiger partial charge in [-0.05, 0) is 12.0 Å². The number of amides is 1. The fraction of sp³-hybridized carbons (Fsp3) is 0.583. The van der Waals surface area contributed by atoms with Gasteiger partial charge in [0.1, 0.15) is 6.26 Å². The lowest BCUT2D eigenvalue weighted by Gasteiger charge is -2.30. The number of para-hydroxylation sites is 1. The number of hydrogen-bond acceptors (Lipinski definition) is 8. The summed E-state index contributed by atoms with van der Waals surface area (Å²) >= 11 is 0. The molecule has 2 heterocycles. The van der Waals surface area contributed by atoms with Crippen LogP contribution in [0.5, 0.6) is 11.5 Å². The van der Waals surface area contributed by atoms with Crippen LogP contribution in [0, 0.1) is 5.92 Å². The lowest BCUT2D eigenvalue weighted by Crippen LogP contribution is -2.41. The van der Waals surface area contributed by atoms with Gasteiger partial charge < -0.3 is 23.9 Å². The van der Waals surface area contributed by atoms with Gasteiger partial charge in [-0.1, -0.05) is 26.0 Å². The number of nitrogens with zero attached hydrogens (tertiary/aromatic N) is 3. The number of rotatable bonds is 12. The molecule has 3 rings (SSSR count). The highest BCUT2D eigenvalue weighted by molar-refractivity contribution is 5.91. The highest BCUT2D eigenvalue weighted by atomic mass is 16.5. The Kier molecular flexibility index (Phi) is 9.53. The van der Waals surface area contributed by atoms with Crippen LogP contribution in [0.3, 0.4) is 0 Å². The Morgan fingerprint density at radius 2 is 2.00 bits per heavy atom. The Bertz CT molecular complexity index is 879. The highest BCUT2D eigenvalue weighted by Crippen LogP contribution is 2.31. The summed E-state index contributed by atoms with van der Waals surface area (Å²) in [5.74, 6) is 2.08. The smallest absolute Gasteiger partial charge is 0.273 e. The fourth-order valence-corrected chi connectivity index (χ4v) is 3.71. The van der Waals surface area contributed by atoms with E-state index in [9.17, 15) is 4.79 Å². The first kappa shape index (κ1) is 25.0. The van der Waals surface area contributed by atoms with Gasteiger partial charge in [0.15, 0.2) is 17.2 Å². The number of nitrogens with one attached hydrogen (secondary N) is 1. The molecule has 1 aromatic carbocycles. The number of hydrogen-bond donors (Lipinski definition) is 1. The molecule has 1 N–H and O–H groups in total. The molecule has 1 aromatic heterocycles. The Balaban J connectivity index is 1.71. The number of carbonyl (C=O) groups is 1. The van der Waals surface area contributed by atoms with Crippen molar-refractivity contribution in [1.29, 1.82) is 0 Å². The standard InChI is InChI=1S/C24H36N4O5/c1-18(2)14-25-24(29)20-17-33-22(26-20)16-28(9-8-27-10-12-32-13-11-27)15-19-6-5-7-21(30-3)23(19)31-4/h5-7,17-18H,8-16H2,1-4H3,(H,25,29). The zero-order valence-electron chi connectivity index (χ0n) is 20.1. The Morgan fingerprint density at radius 3 is 2.70 bits per heavy atom. The van der Waals surface area contributed by atoms with E-state index in [0.29, 0.717) is 42.9 Å². The molecule has 1 fully saturated rings. The number of ether oxygens (including phenoxy) is 3. The maximum absolute atomic E-state index is 12.3. The van der Waals surface area contributed by atoms with E-state index in [4.69, 9.17) is 18.6 Å². The first-order valence-electron chi connectivity index (χ1n) is 11.4. The van der Waals surface area contributed by atoms with Gasteiger partial charge in [0.25, 0.3) is 5.91 Å². The SMILES string of the molecule is COc1cccc(CN(CCN2CCOCC2)Cc2nc(C(=O)NCC(C)C)co2)c1OC. The maximum atomic E-state index is 12.3. The first-order chi connectivity index (χ1) is 16.0. The minimum absolute atomic E-state index is 0.215. The van der Waals surface area contributed by atoms with Crippen molar-refractivity contribution in [2.24, 2.45) is 5.92 Å². The van der Waals surface area contributed by atoms with E-state index in [-0.39, 0.29) is 5.91 Å². The number of benzene rings is 1. The van der Waals surface area contributed by atoms with Gasteiger partial charge in [-0.25, -0.2) is 4.98 Å². The van der Waals surface area contributed by atoms with Crippen LogP contribution in [0.1, 0.15) is 35.8 Å². The average Bonchev–Trinajstić information content (AvgIpc) is 3.30. The topological polar surface area (TPSA) is 89.3 Å². The number of aromatic nitrogens is 1. The highest BCUT2D eigenvalue weighted by Gasteiger charge is 2.19. The summed E-state index contributed by atoms with van der Waals surface area (Å²) in [6.45, 7) is 10.9. The van der Waals surface area contributed by atoms with E-state index in [1.165, 1.54) is 6.26 Å². The Morgan fingerprint density at radius 1 is 1.21 bits per heavy atom. The van der Waals surface area contributed by atoms with Gasteiger partial charge in [0, 0.05) is 44.8 Å². The molecule has 1 aliphatic heterocycles. The molecule has 33 heavy (non-hydrogen) atoms. The van der Waals surface area contributed by atoms with Crippen LogP contribution in [0.15, 0.2) is 28.9 Å². The molecule has 0 aliphatic carbocycles. The molecule has 182 valence electrons. The third-order valence-corrected chi connectivity index (χ3v) is 5.53. The van der Waals surface area contributed by atoms with Crippen molar-refractivity contribution in [3.63, 3.8) is 0 Å². The summed E-state index contributed by atoms with van der Waals surface area (Å²) in [5, 5.41) is 2.88. The minimum Gasteiger partial charge on any atom is -0.493 e. The summed E-state index contributed by atoms with van der Waals surface area (Å²) in [4.78, 5) is 21.4. The molecular formula is C24H36N4O5. The lowest BCUT2D eigenvalue weighted by atomic mass is 10.1. The molecule has 0 atom stereocenters. The zero-order chi connectivity index (χ0) is 23.6. The number of carbonyl (C=O) groups excluding carboxylic acids is 1. The summed E-state index contributed by atoms with van der Waals surface area (Å²) in [5.41, 5.74) is 1.32. The first-order valence-corrected chi connectivity index (χ1v) is 11.4. The van der Waals surface area contributed by atoms with E-state index >= 15 is 0 Å². The second-order valence-corrected chi connectivity index (χ2v) is 8.55. The summed E-state index contributed by atoms with van der Waals surface area (Å²) in [6, 6.07) is 5.87. The van der Waals surface area contributed by atoms with Crippen molar-refractivity contribution in [2.75, 3.05) is 60.2 Å². The minimum atomic E-state index is -0.215. The Hall–Kier alpha value is -2.62. The van der Waals surface area contributed by atoms with Crippen LogP contribution in [-0.4, -0.2) is 80.8 Å². The van der Waals surface area contributed by atoms with Crippen molar-refractivity contribution in [2.45, 2.75) is 26.9 Å². The third-order valence-electron chi connectivity index (χ3n) is 5.53. The van der Waals surface area contributed by atoms with Crippen LogP contribution < -0.4 is 14.8 Å². The quantitative estimate of drug-likeness (QED) is 0.517. The van der Waals surface area contributed by atoms with E-state index in [1.807, 2.05) is 32.0 Å². The van der Waals surface area contributed by atoms with Crippen molar-refractivity contribution in [3.05, 3.63) is 41.6 Å². The zero-order valence-corrected chi connectivity index (χ0v) is 20.1. The van der Waals surface area contributed by atoms with Crippen LogP contribution in [0.2, 0.25) is 0 Å². The molecule has 0 unspecified atom stereocenters. The van der Waals surface area contributed by atoms with Gasteiger partial charge in [-0.2, -0.15) is 0 Å². The second kappa shape index (κ2) is 12.6. The number of methoxy groups -OCH3 is 2. The van der Waals surface area contributed by atoms with Crippen molar-refractivity contribution >= 4 is 5.91 Å². The van der Waals surface area contributed by atoms with E-state index in [1.54, 1.807) is 14.2 Å². The predicted molar refractivity (Wildman–Crippen MR) is 125 cm³/mol. The largest absolute Gasteiger partial charge is 0.493 e. The lowest BCUT2D eigenvalue weighted by molar-refractivity contribution is 0.0320. The van der Waals surface area contributed by atoms with E-state index in [2.05, 4.69) is 20.1 Å². The second-order valence-electron chi connectivity index (χ2n) is 8.55. The molecule has 9 heteroatoms. The van der Waals surface area contributed by atoms with Gasteiger partial charge >= 0.3 is 0 Å². The van der Waals surface area contributed by atoms with Crippen molar-refractivity contribution in [1.82, 2.24) is 20.1 Å². The van der Waals surface area contributed by atoms with Gasteiger partial charge in [-0.3, -0.25) is 14.6 Å². The van der Waals surface area contributed by atoms with Gasteiger partial charge in [0.2, 0.25) is 5.89 Å². The monoisotopic (exact) mass is 460 g/mol. The van der Waals surface area contributed by atoms with Crippen LogP contribution in [-0.2, 0) is 17.8 Å². The predicted octanol–water partition coefficient (Wildman–Crippen LogP) is 2.41. The van der Waals surface area contributed by atoms with Gasteiger partial charge in [-0.15, -0.1) is 0 Å². The average molecular weight is 461 g/mol. The molecule has 1 aliphatic rings. The normalized spacial score (nSPS) is 14.6. The van der Waals surface area contributed by atoms with Crippen LogP contribution >= 0.6 is 0 Å². The molecule has 1 amide bonds. The summed E-state index contributed by atoms with van der Waals surface area (Å²) in [7, 11) is 3.28. The van der Waals surface area contributed by atoms with Gasteiger partial charge in [0.05, 0.1) is 34.0 Å².